The number of piperidine rings is 1. The lowest BCUT2D eigenvalue weighted by Gasteiger charge is -2.35. The van der Waals surface area contributed by atoms with E-state index < -0.39 is 0 Å². The van der Waals surface area contributed by atoms with Crippen LogP contribution in [0.5, 0.6) is 0 Å². The van der Waals surface area contributed by atoms with Gasteiger partial charge in [0.15, 0.2) is 5.16 Å². The highest BCUT2D eigenvalue weighted by Gasteiger charge is 2.29. The first kappa shape index (κ1) is 29.8. The Morgan fingerprint density at radius 2 is 1.60 bits per heavy atom. The van der Waals surface area contributed by atoms with Crippen LogP contribution < -0.4 is 4.90 Å². The number of benzene rings is 1. The van der Waals surface area contributed by atoms with Gasteiger partial charge in [-0.1, -0.05) is 44.7 Å². The summed E-state index contributed by atoms with van der Waals surface area (Å²) in [4.78, 5) is 52.4. The predicted molar refractivity (Wildman–Crippen MR) is 156 cm³/mol. The normalized spacial score (nSPS) is 16.7. The second kappa shape index (κ2) is 13.0. The van der Waals surface area contributed by atoms with Crippen molar-refractivity contribution in [1.82, 2.24) is 19.8 Å². The van der Waals surface area contributed by atoms with Gasteiger partial charge >= 0.3 is 5.97 Å². The smallest absolute Gasteiger partial charge is 0.309 e. The van der Waals surface area contributed by atoms with Crippen molar-refractivity contribution in [2.75, 3.05) is 50.8 Å². The average Bonchev–Trinajstić information content (AvgIpc) is 2.95. The average molecular weight is 568 g/mol. The fourth-order valence-corrected chi connectivity index (χ4v) is 5.74. The van der Waals surface area contributed by atoms with Crippen molar-refractivity contribution < 1.29 is 19.1 Å². The summed E-state index contributed by atoms with van der Waals surface area (Å²) in [6.07, 6.45) is 1.28. The second-order valence-electron chi connectivity index (χ2n) is 11.4. The molecule has 3 heterocycles. The lowest BCUT2D eigenvalue weighted by molar-refractivity contribution is -0.149. The number of anilines is 1. The minimum atomic E-state index is -0.156. The van der Waals surface area contributed by atoms with Crippen molar-refractivity contribution >= 4 is 35.4 Å². The Hall–Kier alpha value is -3.14. The highest BCUT2D eigenvalue weighted by molar-refractivity contribution is 7.98. The molecule has 0 bridgehead atoms. The molecular weight excluding hydrogens is 526 g/mol. The number of aromatic nitrogens is 2. The maximum atomic E-state index is 13.0. The third kappa shape index (κ3) is 7.53. The van der Waals surface area contributed by atoms with E-state index in [1.165, 1.54) is 0 Å². The molecule has 2 saturated heterocycles. The summed E-state index contributed by atoms with van der Waals surface area (Å²) in [7, 11) is 0. The van der Waals surface area contributed by atoms with Crippen LogP contribution in [0.15, 0.2) is 35.5 Å². The van der Waals surface area contributed by atoms with Crippen molar-refractivity contribution in [3.8, 4) is 0 Å². The van der Waals surface area contributed by atoms with Gasteiger partial charge in [-0.2, -0.15) is 0 Å². The van der Waals surface area contributed by atoms with Crippen LogP contribution in [0.2, 0.25) is 0 Å². The number of likely N-dealkylation sites (tertiary alicyclic amines) is 1. The number of ether oxygens (including phenoxy) is 1. The number of nitrogens with zero attached hydrogens (tertiary/aromatic N) is 5. The van der Waals surface area contributed by atoms with Gasteiger partial charge in [-0.3, -0.25) is 14.4 Å². The van der Waals surface area contributed by atoms with Crippen LogP contribution in [-0.2, 0) is 25.5 Å². The summed E-state index contributed by atoms with van der Waals surface area (Å²) in [6, 6.07) is 9.80. The van der Waals surface area contributed by atoms with Crippen LogP contribution in [0.4, 0.5) is 5.82 Å². The van der Waals surface area contributed by atoms with Crippen LogP contribution >= 0.6 is 11.8 Å². The summed E-state index contributed by atoms with van der Waals surface area (Å²) >= 11 is 1.58. The van der Waals surface area contributed by atoms with Gasteiger partial charge in [0.2, 0.25) is 5.91 Å². The third-order valence-electron chi connectivity index (χ3n) is 7.48. The van der Waals surface area contributed by atoms with E-state index in [2.05, 4.69) is 31.7 Å². The number of hydrogen-bond donors (Lipinski definition) is 0. The Kier molecular flexibility index (Phi) is 9.71. The van der Waals surface area contributed by atoms with Gasteiger partial charge in [0.05, 0.1) is 18.2 Å². The monoisotopic (exact) mass is 567 g/mol. The van der Waals surface area contributed by atoms with Crippen molar-refractivity contribution in [3.05, 3.63) is 47.2 Å². The first-order chi connectivity index (χ1) is 19.0. The van der Waals surface area contributed by atoms with E-state index in [1.807, 2.05) is 41.0 Å². The zero-order valence-corrected chi connectivity index (χ0v) is 25.1. The number of amides is 2. The molecule has 1 aromatic carbocycles. The molecular formula is C30H41N5O4S. The molecule has 0 radical (unpaired) electrons. The largest absolute Gasteiger partial charge is 0.466 e. The van der Waals surface area contributed by atoms with Gasteiger partial charge in [-0.15, -0.1) is 0 Å². The Morgan fingerprint density at radius 3 is 2.17 bits per heavy atom. The number of rotatable bonds is 7. The van der Waals surface area contributed by atoms with Crippen molar-refractivity contribution in [1.29, 1.82) is 0 Å². The van der Waals surface area contributed by atoms with Crippen LogP contribution in [0.1, 0.15) is 69.1 Å². The third-order valence-corrected chi connectivity index (χ3v) is 8.40. The molecule has 0 N–H and O–H groups in total. The second-order valence-corrected chi connectivity index (χ2v) is 12.4. The van der Waals surface area contributed by atoms with E-state index >= 15 is 0 Å². The Labute approximate surface area is 241 Å². The Morgan fingerprint density at radius 1 is 0.950 bits per heavy atom. The maximum Gasteiger partial charge on any atom is 0.309 e. The molecule has 216 valence electrons. The Bertz CT molecular complexity index is 1200. The van der Waals surface area contributed by atoms with Gasteiger partial charge in [-0.25, -0.2) is 9.97 Å². The molecule has 2 amide bonds. The molecule has 0 spiro atoms. The molecule has 2 aliphatic heterocycles. The molecule has 4 rings (SSSR count). The summed E-state index contributed by atoms with van der Waals surface area (Å²) in [6.45, 7) is 14.3. The minimum absolute atomic E-state index is 0.00256. The molecule has 0 unspecified atom stereocenters. The molecule has 1 aromatic heterocycles. The highest BCUT2D eigenvalue weighted by atomic mass is 32.2. The van der Waals surface area contributed by atoms with Gasteiger partial charge in [0.1, 0.15) is 5.82 Å². The summed E-state index contributed by atoms with van der Waals surface area (Å²) < 4.78 is 5.13. The molecule has 0 atom stereocenters. The summed E-state index contributed by atoms with van der Waals surface area (Å²) in [5, 5.41) is 0.723. The van der Waals surface area contributed by atoms with Gasteiger partial charge in [0, 0.05) is 69.0 Å². The molecule has 0 saturated carbocycles. The number of thioether (sulfide) groups is 1. The quantitative estimate of drug-likeness (QED) is 0.280. The van der Waals surface area contributed by atoms with E-state index in [-0.39, 0.29) is 29.1 Å². The van der Waals surface area contributed by atoms with Crippen molar-refractivity contribution in [3.63, 3.8) is 0 Å². The van der Waals surface area contributed by atoms with E-state index in [4.69, 9.17) is 14.7 Å². The first-order valence-electron chi connectivity index (χ1n) is 14.1. The van der Waals surface area contributed by atoms with E-state index in [1.54, 1.807) is 18.7 Å². The number of piperazine rings is 1. The molecule has 2 fully saturated rings. The van der Waals surface area contributed by atoms with Gasteiger partial charge < -0.3 is 19.4 Å². The van der Waals surface area contributed by atoms with Crippen LogP contribution in [0.25, 0.3) is 0 Å². The predicted octanol–water partition coefficient (Wildman–Crippen LogP) is 4.15. The molecule has 10 heteroatoms. The molecule has 9 nitrogen and oxygen atoms in total. The molecule has 2 aromatic rings. The van der Waals surface area contributed by atoms with Crippen LogP contribution in [0, 0.1) is 5.92 Å². The first-order valence-corrected chi connectivity index (χ1v) is 15.1. The number of carbonyl (C=O) groups is 3. The maximum absolute atomic E-state index is 13.0. The van der Waals surface area contributed by atoms with Gasteiger partial charge in [0.25, 0.3) is 5.91 Å². The van der Waals surface area contributed by atoms with Gasteiger partial charge in [-0.05, 0) is 37.5 Å². The van der Waals surface area contributed by atoms with Crippen LogP contribution in [-0.4, -0.2) is 83.4 Å². The number of esters is 1. The lowest BCUT2D eigenvalue weighted by Crippen LogP contribution is -2.48. The minimum Gasteiger partial charge on any atom is -0.466 e. The number of hydrogen-bond acceptors (Lipinski definition) is 8. The zero-order valence-electron chi connectivity index (χ0n) is 24.3. The zero-order chi connectivity index (χ0) is 28.9. The Balaban J connectivity index is 1.37. The van der Waals surface area contributed by atoms with E-state index in [0.29, 0.717) is 56.9 Å². The SMILES string of the molecule is CCOC(=O)C1CCN(C(=O)c2ccc(CSc3nc(N4CCN(C(C)=O)CC4)cc(C(C)(C)C)n3)cc2)CC1. The summed E-state index contributed by atoms with van der Waals surface area (Å²) in [5.41, 5.74) is 2.60. The number of carbonyl (C=O) groups excluding carboxylic acids is 3. The highest BCUT2D eigenvalue weighted by Crippen LogP contribution is 2.29. The fraction of sp³-hybridized carbons (Fsp3) is 0.567. The van der Waals surface area contributed by atoms with Crippen molar-refractivity contribution in [2.45, 2.75) is 63.8 Å². The standard InChI is InChI=1S/C30H41N5O4S/c1-6-39-28(38)24-11-13-35(14-12-24)27(37)23-9-7-22(8-10-23)20-40-29-31-25(30(3,4)5)19-26(32-29)34-17-15-33(16-18-34)21(2)36/h7-10,19,24H,6,11-18,20H2,1-5H3. The van der Waals surface area contributed by atoms with Crippen LogP contribution in [0.3, 0.4) is 0 Å². The summed E-state index contributed by atoms with van der Waals surface area (Å²) in [5.74, 6) is 1.42. The topological polar surface area (TPSA) is 95.9 Å². The van der Waals surface area contributed by atoms with E-state index in [0.717, 1.165) is 35.3 Å². The molecule has 40 heavy (non-hydrogen) atoms. The molecule has 2 aliphatic rings. The van der Waals surface area contributed by atoms with Crippen molar-refractivity contribution in [2.24, 2.45) is 5.92 Å². The lowest BCUT2D eigenvalue weighted by atomic mass is 9.92. The fourth-order valence-electron chi connectivity index (χ4n) is 4.93. The van der Waals surface area contributed by atoms with E-state index in [9.17, 15) is 14.4 Å². The molecule has 0 aliphatic carbocycles.